The van der Waals surface area contributed by atoms with Crippen LogP contribution in [0.25, 0.3) is 0 Å². The number of amides is 1. The summed E-state index contributed by atoms with van der Waals surface area (Å²) >= 11 is 5.20. The Morgan fingerprint density at radius 3 is 2.43 bits per heavy atom. The number of para-hydroxylation sites is 1. The molecule has 1 fully saturated rings. The number of hydrogen-bond donors (Lipinski definition) is 3. The van der Waals surface area contributed by atoms with E-state index in [-0.39, 0.29) is 18.1 Å². The van der Waals surface area contributed by atoms with Crippen molar-refractivity contribution in [3.63, 3.8) is 0 Å². The maximum absolute atomic E-state index is 11.8. The molecule has 1 aromatic carbocycles. The summed E-state index contributed by atoms with van der Waals surface area (Å²) in [6, 6.07) is 8.18. The smallest absolute Gasteiger partial charge is 0.407 e. The highest BCUT2D eigenvalue weighted by Gasteiger charge is 2.39. The molecular weight excluding hydrogens is 338 g/mol. The molecule has 3 N–H and O–H groups in total. The molecule has 23 heavy (non-hydrogen) atoms. The zero-order valence-corrected chi connectivity index (χ0v) is 14.2. The van der Waals surface area contributed by atoms with Crippen LogP contribution in [0.2, 0.25) is 0 Å². The topological polar surface area (TPSA) is 96.5 Å². The van der Waals surface area contributed by atoms with Gasteiger partial charge in [0, 0.05) is 5.69 Å². The Morgan fingerprint density at radius 2 is 1.83 bits per heavy atom. The number of alkyl carbamates (subject to hydrolysis) is 1. The van der Waals surface area contributed by atoms with Gasteiger partial charge in [-0.1, -0.05) is 18.2 Å². The van der Waals surface area contributed by atoms with Crippen molar-refractivity contribution in [3.05, 3.63) is 30.3 Å². The van der Waals surface area contributed by atoms with Gasteiger partial charge in [0.2, 0.25) is 0 Å². The quantitative estimate of drug-likeness (QED) is 0.689. The van der Waals surface area contributed by atoms with Gasteiger partial charge in [-0.3, -0.25) is 0 Å². The average molecular weight is 357 g/mol. The summed E-state index contributed by atoms with van der Waals surface area (Å²) in [7, 11) is -3.24. The lowest BCUT2D eigenvalue weighted by molar-refractivity contribution is 0.148. The molecule has 1 saturated heterocycles. The third-order valence-corrected chi connectivity index (χ3v) is 5.23. The molecule has 0 aromatic heterocycles. The molecule has 0 radical (unpaired) electrons. The lowest BCUT2D eigenvalue weighted by atomic mass is 10.2. The van der Waals surface area contributed by atoms with Gasteiger partial charge >= 0.3 is 6.09 Å². The lowest BCUT2D eigenvalue weighted by Crippen LogP contribution is -2.51. The van der Waals surface area contributed by atoms with Crippen LogP contribution in [0, 0.1) is 0 Å². The number of hydrogen-bond acceptors (Lipinski definition) is 5. The molecule has 1 aliphatic heterocycles. The third-order valence-electron chi connectivity index (χ3n) is 3.28. The van der Waals surface area contributed by atoms with Crippen LogP contribution < -0.4 is 16.0 Å². The summed E-state index contributed by atoms with van der Waals surface area (Å²) in [6.45, 7) is 1.90. The van der Waals surface area contributed by atoms with Crippen LogP contribution in [0.15, 0.2) is 30.3 Å². The first-order valence-corrected chi connectivity index (χ1v) is 9.39. The van der Waals surface area contributed by atoms with Crippen molar-refractivity contribution in [3.8, 4) is 0 Å². The number of benzene rings is 1. The average Bonchev–Trinajstić information content (AvgIpc) is 2.73. The molecule has 1 aromatic rings. The highest BCUT2D eigenvalue weighted by atomic mass is 32.2. The lowest BCUT2D eigenvalue weighted by Gasteiger charge is -2.22. The molecule has 2 rings (SSSR count). The van der Waals surface area contributed by atoms with E-state index >= 15 is 0 Å². The molecule has 126 valence electrons. The van der Waals surface area contributed by atoms with Crippen LogP contribution in [0.5, 0.6) is 0 Å². The van der Waals surface area contributed by atoms with Crippen molar-refractivity contribution in [2.45, 2.75) is 19.0 Å². The van der Waals surface area contributed by atoms with Gasteiger partial charge in [-0.05, 0) is 31.3 Å². The molecule has 0 unspecified atom stereocenters. The number of anilines is 1. The summed E-state index contributed by atoms with van der Waals surface area (Å²) in [5.41, 5.74) is 0.792. The Morgan fingerprint density at radius 1 is 1.22 bits per heavy atom. The second kappa shape index (κ2) is 7.60. The Hall–Kier alpha value is -1.87. The van der Waals surface area contributed by atoms with Gasteiger partial charge in [0.05, 0.1) is 30.2 Å². The second-order valence-corrected chi connectivity index (χ2v) is 7.68. The minimum absolute atomic E-state index is 0.0965. The molecule has 2 atom stereocenters. The van der Waals surface area contributed by atoms with Crippen molar-refractivity contribution in [2.24, 2.45) is 0 Å². The maximum Gasteiger partial charge on any atom is 0.407 e. The van der Waals surface area contributed by atoms with Crippen LogP contribution in [0.4, 0.5) is 10.5 Å². The first kappa shape index (κ1) is 17.5. The largest absolute Gasteiger partial charge is 0.450 e. The first-order valence-electron chi connectivity index (χ1n) is 7.16. The minimum atomic E-state index is -3.24. The molecule has 1 aliphatic rings. The zero-order valence-electron chi connectivity index (χ0n) is 12.6. The van der Waals surface area contributed by atoms with Crippen LogP contribution in [0.3, 0.4) is 0 Å². The van der Waals surface area contributed by atoms with Crippen molar-refractivity contribution < 1.29 is 17.9 Å². The maximum atomic E-state index is 11.8. The monoisotopic (exact) mass is 357 g/mol. The second-order valence-electron chi connectivity index (χ2n) is 5.12. The van der Waals surface area contributed by atoms with Gasteiger partial charge in [0.1, 0.15) is 0 Å². The Bertz CT molecular complexity index is 664. The Labute approximate surface area is 140 Å². The number of carbonyl (C=O) groups is 1. The first-order chi connectivity index (χ1) is 10.9. The van der Waals surface area contributed by atoms with Crippen LogP contribution in [0.1, 0.15) is 6.92 Å². The van der Waals surface area contributed by atoms with Crippen molar-refractivity contribution in [2.75, 3.05) is 23.4 Å². The van der Waals surface area contributed by atoms with E-state index in [0.29, 0.717) is 5.11 Å². The van der Waals surface area contributed by atoms with E-state index in [1.54, 1.807) is 6.92 Å². The fourth-order valence-corrected chi connectivity index (χ4v) is 4.44. The van der Waals surface area contributed by atoms with Gasteiger partial charge in [-0.2, -0.15) is 0 Å². The van der Waals surface area contributed by atoms with E-state index in [4.69, 9.17) is 17.0 Å². The number of ether oxygens (including phenoxy) is 1. The molecule has 7 nitrogen and oxygen atoms in total. The fourth-order valence-electron chi connectivity index (χ4n) is 2.31. The normalized spacial score (nSPS) is 22.1. The molecule has 0 spiro atoms. The van der Waals surface area contributed by atoms with Crippen LogP contribution >= 0.6 is 12.2 Å². The molecule has 0 saturated carbocycles. The molecule has 1 heterocycles. The standard InChI is InChI=1S/C14H19N3O4S2/c1-2-21-14(18)17-12-9-23(19,20)8-11(12)16-13(22)15-10-6-4-3-5-7-10/h3-7,11-12H,2,8-9H2,1H3,(H,17,18)(H2,15,16,22)/t11-,12+/m1/s1. The summed E-state index contributed by atoms with van der Waals surface area (Å²) in [6.07, 6.45) is -0.636. The summed E-state index contributed by atoms with van der Waals surface area (Å²) in [5, 5.41) is 8.79. The number of rotatable bonds is 4. The minimum Gasteiger partial charge on any atom is -0.450 e. The summed E-state index contributed by atoms with van der Waals surface area (Å²) < 4.78 is 28.5. The van der Waals surface area contributed by atoms with E-state index < -0.39 is 28.0 Å². The van der Waals surface area contributed by atoms with E-state index in [0.717, 1.165) is 5.69 Å². The predicted molar refractivity (Wildman–Crippen MR) is 92.2 cm³/mol. The van der Waals surface area contributed by atoms with Crippen molar-refractivity contribution in [1.82, 2.24) is 10.6 Å². The molecule has 0 bridgehead atoms. The van der Waals surface area contributed by atoms with Gasteiger partial charge in [-0.25, -0.2) is 13.2 Å². The van der Waals surface area contributed by atoms with Gasteiger partial charge in [0.25, 0.3) is 0 Å². The molecular formula is C14H19N3O4S2. The van der Waals surface area contributed by atoms with E-state index in [2.05, 4.69) is 16.0 Å². The van der Waals surface area contributed by atoms with E-state index in [1.807, 2.05) is 30.3 Å². The van der Waals surface area contributed by atoms with Crippen LogP contribution in [-0.4, -0.2) is 49.8 Å². The number of carbonyl (C=O) groups excluding carboxylic acids is 1. The fraction of sp³-hybridized carbons (Fsp3) is 0.429. The SMILES string of the molecule is CCOC(=O)N[C@H]1CS(=O)(=O)C[C@H]1NC(=S)Nc1ccccc1. The highest BCUT2D eigenvalue weighted by Crippen LogP contribution is 2.14. The zero-order chi connectivity index (χ0) is 16.9. The van der Waals surface area contributed by atoms with Gasteiger partial charge in [0.15, 0.2) is 14.9 Å². The van der Waals surface area contributed by atoms with Crippen LogP contribution in [-0.2, 0) is 14.6 Å². The molecule has 0 aliphatic carbocycles. The molecule has 1 amide bonds. The van der Waals surface area contributed by atoms with E-state index in [1.165, 1.54) is 0 Å². The summed E-state index contributed by atoms with van der Waals surface area (Å²) in [4.78, 5) is 11.5. The highest BCUT2D eigenvalue weighted by molar-refractivity contribution is 7.91. The van der Waals surface area contributed by atoms with Crippen molar-refractivity contribution in [1.29, 1.82) is 0 Å². The number of nitrogens with one attached hydrogen (secondary N) is 3. The molecule has 9 heteroatoms. The number of sulfone groups is 1. The van der Waals surface area contributed by atoms with Gasteiger partial charge in [-0.15, -0.1) is 0 Å². The van der Waals surface area contributed by atoms with Crippen molar-refractivity contribution >= 4 is 38.9 Å². The Kier molecular flexibility index (Phi) is 5.78. The number of thiocarbonyl (C=S) groups is 1. The van der Waals surface area contributed by atoms with Gasteiger partial charge < -0.3 is 20.7 Å². The third kappa shape index (κ3) is 5.36. The Balaban J connectivity index is 1.97. The van der Waals surface area contributed by atoms with E-state index in [9.17, 15) is 13.2 Å². The predicted octanol–water partition coefficient (Wildman–Crippen LogP) is 0.885. The summed E-state index contributed by atoms with van der Waals surface area (Å²) in [5.74, 6) is -0.238.